The van der Waals surface area contributed by atoms with Crippen molar-refractivity contribution in [2.24, 2.45) is 0 Å². The van der Waals surface area contributed by atoms with Crippen molar-refractivity contribution in [2.75, 3.05) is 0 Å². The van der Waals surface area contributed by atoms with Crippen LogP contribution in [0.15, 0.2) is 30.2 Å². The number of halogens is 3. The van der Waals surface area contributed by atoms with E-state index in [0.717, 1.165) is 4.57 Å². The highest BCUT2D eigenvalue weighted by Gasteiger charge is 2.16. The molecule has 1 rings (SSSR count). The van der Waals surface area contributed by atoms with Crippen LogP contribution in [0.5, 0.6) is 0 Å². The Morgan fingerprint density at radius 1 is 1.33 bits per heavy atom. The van der Waals surface area contributed by atoms with Crippen LogP contribution in [0.25, 0.3) is 0 Å². The van der Waals surface area contributed by atoms with Crippen LogP contribution < -0.4 is 0 Å². The summed E-state index contributed by atoms with van der Waals surface area (Å²) in [6.07, 6.45) is -2.26. The van der Waals surface area contributed by atoms with E-state index in [2.05, 4.69) is 0 Å². The van der Waals surface area contributed by atoms with E-state index in [0.29, 0.717) is 0 Å². The standard InChI is InChI=1S/C10H9F3N2O3/c11-8(10(12)13)4-3-7(16)6-14-5-1-2-9(14)15(17)18/h1-2,5H,3-4,6H2. The van der Waals surface area contributed by atoms with Gasteiger partial charge in [-0.1, -0.05) is 0 Å². The summed E-state index contributed by atoms with van der Waals surface area (Å²) in [5.74, 6) is -2.48. The summed E-state index contributed by atoms with van der Waals surface area (Å²) in [6.45, 7) is -0.343. The molecule has 5 nitrogen and oxygen atoms in total. The van der Waals surface area contributed by atoms with Crippen molar-refractivity contribution in [2.45, 2.75) is 19.4 Å². The molecule has 0 saturated heterocycles. The molecule has 1 aromatic heterocycles. The lowest BCUT2D eigenvalue weighted by Gasteiger charge is -2.01. The number of carbonyl (C=O) groups excluding carboxylic acids is 1. The molecule has 18 heavy (non-hydrogen) atoms. The van der Waals surface area contributed by atoms with Crippen molar-refractivity contribution in [3.05, 3.63) is 40.4 Å². The summed E-state index contributed by atoms with van der Waals surface area (Å²) in [7, 11) is 0. The molecule has 0 radical (unpaired) electrons. The fourth-order valence-electron chi connectivity index (χ4n) is 1.32. The lowest BCUT2D eigenvalue weighted by atomic mass is 10.2. The van der Waals surface area contributed by atoms with Gasteiger partial charge in [-0.3, -0.25) is 4.79 Å². The van der Waals surface area contributed by atoms with Crippen LogP contribution in [-0.2, 0) is 11.3 Å². The number of allylic oxidation sites excluding steroid dienone is 1. The third kappa shape index (κ3) is 3.72. The molecule has 0 aromatic carbocycles. The highest BCUT2D eigenvalue weighted by molar-refractivity contribution is 5.78. The second kappa shape index (κ2) is 5.99. The number of hydrogen-bond acceptors (Lipinski definition) is 3. The summed E-state index contributed by atoms with van der Waals surface area (Å²) in [5.41, 5.74) is 0. The van der Waals surface area contributed by atoms with Gasteiger partial charge in [0.1, 0.15) is 6.54 Å². The van der Waals surface area contributed by atoms with Crippen molar-refractivity contribution in [1.82, 2.24) is 4.57 Å². The molecule has 0 aliphatic heterocycles. The Kier molecular flexibility index (Phi) is 4.64. The first-order valence-electron chi connectivity index (χ1n) is 4.92. The molecule has 98 valence electrons. The summed E-state index contributed by atoms with van der Waals surface area (Å²) in [6, 6.07) is 2.59. The second-order valence-corrected chi connectivity index (χ2v) is 3.46. The van der Waals surface area contributed by atoms with E-state index in [1.54, 1.807) is 0 Å². The summed E-state index contributed by atoms with van der Waals surface area (Å²) < 4.78 is 36.9. The number of nitrogens with zero attached hydrogens (tertiary/aromatic N) is 2. The first-order chi connectivity index (χ1) is 8.41. The molecule has 0 fully saturated rings. The minimum absolute atomic E-state index is 0.281. The molecular formula is C10H9F3N2O3. The van der Waals surface area contributed by atoms with E-state index in [4.69, 9.17) is 0 Å². The zero-order valence-electron chi connectivity index (χ0n) is 9.11. The number of hydrogen-bond donors (Lipinski definition) is 0. The van der Waals surface area contributed by atoms with Crippen molar-refractivity contribution >= 4 is 11.6 Å². The molecule has 0 atom stereocenters. The Bertz CT molecular complexity index is 492. The fourth-order valence-corrected chi connectivity index (χ4v) is 1.32. The molecule has 0 spiro atoms. The van der Waals surface area contributed by atoms with E-state index in [1.807, 2.05) is 0 Å². The molecule has 0 aliphatic rings. The predicted molar refractivity (Wildman–Crippen MR) is 55.7 cm³/mol. The average Bonchev–Trinajstić information content (AvgIpc) is 2.73. The van der Waals surface area contributed by atoms with E-state index in [9.17, 15) is 28.1 Å². The number of Topliss-reactive ketones (excluding diaryl/α,β-unsaturated/α-hetero) is 1. The predicted octanol–water partition coefficient (Wildman–Crippen LogP) is 2.82. The molecule has 1 aromatic rings. The lowest BCUT2D eigenvalue weighted by molar-refractivity contribution is -0.391. The monoisotopic (exact) mass is 262 g/mol. The molecule has 0 saturated carbocycles. The lowest BCUT2D eigenvalue weighted by Crippen LogP contribution is -2.11. The average molecular weight is 262 g/mol. The third-order valence-corrected chi connectivity index (χ3v) is 2.17. The van der Waals surface area contributed by atoms with Crippen LogP contribution in [0.2, 0.25) is 0 Å². The molecule has 0 aliphatic carbocycles. The molecule has 0 amide bonds. The summed E-state index contributed by atoms with van der Waals surface area (Å²) in [5, 5.41) is 10.5. The largest absolute Gasteiger partial charge is 0.358 e. The van der Waals surface area contributed by atoms with Gasteiger partial charge in [0.05, 0.1) is 6.20 Å². The molecule has 0 bridgehead atoms. The van der Waals surface area contributed by atoms with E-state index in [1.165, 1.54) is 18.3 Å². The minimum Gasteiger partial charge on any atom is -0.358 e. The summed E-state index contributed by atoms with van der Waals surface area (Å²) in [4.78, 5) is 21.2. The fraction of sp³-hybridized carbons (Fsp3) is 0.300. The quantitative estimate of drug-likeness (QED) is 0.584. The molecule has 0 unspecified atom stereocenters. The highest BCUT2D eigenvalue weighted by atomic mass is 19.3. The van der Waals surface area contributed by atoms with Gasteiger partial charge in [0.15, 0.2) is 11.6 Å². The Morgan fingerprint density at radius 3 is 2.56 bits per heavy atom. The van der Waals surface area contributed by atoms with Crippen LogP contribution in [-0.4, -0.2) is 15.3 Å². The van der Waals surface area contributed by atoms with Crippen molar-refractivity contribution < 1.29 is 22.9 Å². The summed E-state index contributed by atoms with van der Waals surface area (Å²) >= 11 is 0. The van der Waals surface area contributed by atoms with Crippen molar-refractivity contribution in [3.8, 4) is 0 Å². The van der Waals surface area contributed by atoms with Gasteiger partial charge in [-0.2, -0.15) is 8.78 Å². The number of nitro groups is 1. The highest BCUT2D eigenvalue weighted by Crippen LogP contribution is 2.16. The zero-order valence-corrected chi connectivity index (χ0v) is 9.11. The van der Waals surface area contributed by atoms with Crippen LogP contribution >= 0.6 is 0 Å². The smallest absolute Gasteiger partial charge is 0.323 e. The zero-order chi connectivity index (χ0) is 13.7. The van der Waals surface area contributed by atoms with Gasteiger partial charge in [-0.05, 0) is 11.0 Å². The Hall–Kier alpha value is -2.12. The van der Waals surface area contributed by atoms with Gasteiger partial charge >= 0.3 is 11.9 Å². The van der Waals surface area contributed by atoms with Crippen molar-refractivity contribution in [1.29, 1.82) is 0 Å². The van der Waals surface area contributed by atoms with Crippen LogP contribution in [0.1, 0.15) is 12.8 Å². The molecule has 1 heterocycles. The first kappa shape index (κ1) is 13.9. The minimum atomic E-state index is -2.45. The Balaban J connectivity index is 2.58. The maximum absolute atomic E-state index is 12.4. The number of carbonyl (C=O) groups is 1. The normalized spacial score (nSPS) is 10.2. The van der Waals surface area contributed by atoms with Gasteiger partial charge in [-0.15, -0.1) is 0 Å². The third-order valence-electron chi connectivity index (χ3n) is 2.17. The molecular weight excluding hydrogens is 253 g/mol. The number of rotatable bonds is 6. The molecule has 8 heteroatoms. The second-order valence-electron chi connectivity index (χ2n) is 3.46. The maximum Gasteiger partial charge on any atom is 0.323 e. The number of aromatic nitrogens is 1. The Labute approximate surface area is 99.7 Å². The van der Waals surface area contributed by atoms with Gasteiger partial charge in [0.25, 0.3) is 0 Å². The van der Waals surface area contributed by atoms with E-state index < -0.39 is 35.5 Å². The molecule has 0 N–H and O–H groups in total. The first-order valence-corrected chi connectivity index (χ1v) is 4.92. The van der Waals surface area contributed by atoms with Crippen molar-refractivity contribution in [3.63, 3.8) is 0 Å². The van der Waals surface area contributed by atoms with Crippen LogP contribution in [0.3, 0.4) is 0 Å². The SMILES string of the molecule is O=C(CCC(F)=C(F)F)Cn1cccc1[N+](=O)[O-]. The topological polar surface area (TPSA) is 65.1 Å². The van der Waals surface area contributed by atoms with Crippen LogP contribution in [0.4, 0.5) is 19.0 Å². The van der Waals surface area contributed by atoms with Gasteiger partial charge in [0, 0.05) is 18.9 Å². The maximum atomic E-state index is 12.4. The number of ketones is 1. The Morgan fingerprint density at radius 2 is 2.00 bits per heavy atom. The van der Waals surface area contributed by atoms with Gasteiger partial charge < -0.3 is 10.1 Å². The van der Waals surface area contributed by atoms with Crippen LogP contribution in [0, 0.1) is 10.1 Å². The van der Waals surface area contributed by atoms with E-state index >= 15 is 0 Å². The van der Waals surface area contributed by atoms with Gasteiger partial charge in [-0.25, -0.2) is 8.96 Å². The van der Waals surface area contributed by atoms with E-state index in [-0.39, 0.29) is 12.4 Å². The van der Waals surface area contributed by atoms with Gasteiger partial charge in [0.2, 0.25) is 0 Å².